The fourth-order valence-electron chi connectivity index (χ4n) is 3.83. The summed E-state index contributed by atoms with van der Waals surface area (Å²) >= 11 is 0. The Balaban J connectivity index is 1.77. The Morgan fingerprint density at radius 3 is 2.89 bits per heavy atom. The maximum Gasteiger partial charge on any atom is 0.244 e. The number of fused-ring (bicyclic) bond motifs is 1. The Morgan fingerprint density at radius 2 is 2.18 bits per heavy atom. The third-order valence-electron chi connectivity index (χ3n) is 5.26. The number of benzene rings is 1. The van der Waals surface area contributed by atoms with Crippen molar-refractivity contribution < 1.29 is 14.2 Å². The van der Waals surface area contributed by atoms with Gasteiger partial charge < -0.3 is 19.9 Å². The van der Waals surface area contributed by atoms with E-state index in [1.54, 1.807) is 7.11 Å². The molecule has 0 spiro atoms. The van der Waals surface area contributed by atoms with Gasteiger partial charge in [-0.25, -0.2) is 0 Å². The molecule has 1 atom stereocenters. The van der Waals surface area contributed by atoms with Gasteiger partial charge in [-0.1, -0.05) is 6.07 Å². The summed E-state index contributed by atoms with van der Waals surface area (Å²) in [5.41, 5.74) is 10.1. The zero-order valence-corrected chi connectivity index (χ0v) is 16.0. The van der Waals surface area contributed by atoms with Crippen molar-refractivity contribution in [2.24, 2.45) is 5.73 Å². The van der Waals surface area contributed by atoms with Gasteiger partial charge in [0.25, 0.3) is 0 Å². The van der Waals surface area contributed by atoms with Crippen molar-refractivity contribution in [3.05, 3.63) is 52.0 Å². The first-order valence-corrected chi connectivity index (χ1v) is 9.21. The summed E-state index contributed by atoms with van der Waals surface area (Å²) in [6.07, 6.45) is 0. The van der Waals surface area contributed by atoms with Crippen molar-refractivity contribution in [2.45, 2.75) is 19.4 Å². The predicted molar refractivity (Wildman–Crippen MR) is 102 cm³/mol. The standard InChI is InChI=1S/C20H23N5O3/c1-12-17-18(15(10-21)19(22)28-20(17)24-23-12)13-3-4-16(26-2)14(9-13)11-25-5-7-27-8-6-25/h3-4,9,18H,5-8,11,22H2,1-2H3,(H,23,24)/t18-/m1/s1. The molecule has 1 aromatic carbocycles. The van der Waals surface area contributed by atoms with E-state index in [1.807, 2.05) is 19.1 Å². The van der Waals surface area contributed by atoms with Gasteiger partial charge in [-0.3, -0.25) is 10.00 Å². The van der Waals surface area contributed by atoms with Crippen LogP contribution in [0.25, 0.3) is 0 Å². The molecule has 3 heterocycles. The molecule has 8 heteroatoms. The number of morpholine rings is 1. The summed E-state index contributed by atoms with van der Waals surface area (Å²) in [4.78, 5) is 2.33. The number of aryl methyl sites for hydroxylation is 1. The SMILES string of the molecule is COc1ccc([C@@H]2C(C#N)=C(N)Oc3n[nH]c(C)c32)cc1CN1CCOCC1. The first-order valence-electron chi connectivity index (χ1n) is 9.21. The van der Waals surface area contributed by atoms with Crippen molar-refractivity contribution in [2.75, 3.05) is 33.4 Å². The molecular formula is C20H23N5O3. The van der Waals surface area contributed by atoms with Crippen LogP contribution in [-0.2, 0) is 11.3 Å². The fourth-order valence-corrected chi connectivity index (χ4v) is 3.83. The summed E-state index contributed by atoms with van der Waals surface area (Å²) in [6, 6.07) is 8.22. The Bertz CT molecular complexity index is 953. The van der Waals surface area contributed by atoms with E-state index < -0.39 is 0 Å². The normalized spacial score (nSPS) is 19.7. The number of nitrogens with one attached hydrogen (secondary N) is 1. The number of hydrogen-bond donors (Lipinski definition) is 2. The van der Waals surface area contributed by atoms with Crippen LogP contribution in [0, 0.1) is 18.3 Å². The summed E-state index contributed by atoms with van der Waals surface area (Å²) < 4.78 is 16.6. The van der Waals surface area contributed by atoms with Crippen LogP contribution in [0.15, 0.2) is 29.7 Å². The van der Waals surface area contributed by atoms with Gasteiger partial charge in [-0.05, 0) is 24.6 Å². The minimum atomic E-state index is -0.332. The van der Waals surface area contributed by atoms with Crippen molar-refractivity contribution >= 4 is 0 Å². The molecule has 0 bridgehead atoms. The molecule has 1 aromatic heterocycles. The number of ether oxygens (including phenoxy) is 3. The van der Waals surface area contributed by atoms with Crippen LogP contribution in [0.5, 0.6) is 11.6 Å². The van der Waals surface area contributed by atoms with Gasteiger partial charge in [0.1, 0.15) is 17.4 Å². The second-order valence-corrected chi connectivity index (χ2v) is 6.95. The highest BCUT2D eigenvalue weighted by Gasteiger charge is 2.34. The third-order valence-corrected chi connectivity index (χ3v) is 5.26. The second kappa shape index (κ2) is 7.54. The number of rotatable bonds is 4. The lowest BCUT2D eigenvalue weighted by Gasteiger charge is -2.28. The van der Waals surface area contributed by atoms with Crippen molar-refractivity contribution in [1.82, 2.24) is 15.1 Å². The van der Waals surface area contributed by atoms with Gasteiger partial charge in [0.15, 0.2) is 0 Å². The molecule has 2 aromatic rings. The Morgan fingerprint density at radius 1 is 1.39 bits per heavy atom. The number of H-pyrrole nitrogens is 1. The maximum absolute atomic E-state index is 9.73. The first-order chi connectivity index (χ1) is 13.6. The zero-order valence-electron chi connectivity index (χ0n) is 16.0. The van der Waals surface area contributed by atoms with Crippen LogP contribution in [0.4, 0.5) is 0 Å². The molecule has 0 amide bonds. The van der Waals surface area contributed by atoms with E-state index in [2.05, 4.69) is 27.2 Å². The lowest BCUT2D eigenvalue weighted by molar-refractivity contribution is 0.0339. The molecule has 2 aliphatic heterocycles. The molecule has 1 fully saturated rings. The number of aromatic nitrogens is 2. The van der Waals surface area contributed by atoms with E-state index in [4.69, 9.17) is 19.9 Å². The van der Waals surface area contributed by atoms with Gasteiger partial charge in [0.05, 0.1) is 26.2 Å². The molecule has 1 saturated heterocycles. The third kappa shape index (κ3) is 3.19. The summed E-state index contributed by atoms with van der Waals surface area (Å²) in [6.45, 7) is 5.89. The van der Waals surface area contributed by atoms with Crippen molar-refractivity contribution in [3.8, 4) is 17.7 Å². The number of hydrogen-bond acceptors (Lipinski definition) is 7. The van der Waals surface area contributed by atoms with E-state index in [9.17, 15) is 5.26 Å². The van der Waals surface area contributed by atoms with Crippen molar-refractivity contribution in [1.29, 1.82) is 5.26 Å². The summed E-state index contributed by atoms with van der Waals surface area (Å²) in [5.74, 6) is 1.00. The van der Waals surface area contributed by atoms with E-state index >= 15 is 0 Å². The topological polar surface area (TPSA) is 109 Å². The van der Waals surface area contributed by atoms with Crippen LogP contribution in [0.3, 0.4) is 0 Å². The Labute approximate surface area is 163 Å². The minimum absolute atomic E-state index is 0.0945. The molecule has 0 aliphatic carbocycles. The van der Waals surface area contributed by atoms with Crippen LogP contribution in [0.2, 0.25) is 0 Å². The van der Waals surface area contributed by atoms with Gasteiger partial charge in [-0.2, -0.15) is 5.26 Å². The minimum Gasteiger partial charge on any atom is -0.496 e. The average molecular weight is 381 g/mol. The van der Waals surface area contributed by atoms with Gasteiger partial charge in [0.2, 0.25) is 11.8 Å². The number of methoxy groups -OCH3 is 1. The zero-order chi connectivity index (χ0) is 19.7. The maximum atomic E-state index is 9.73. The Hall–Kier alpha value is -3.02. The molecular weight excluding hydrogens is 358 g/mol. The van der Waals surface area contributed by atoms with Crippen LogP contribution >= 0.6 is 0 Å². The summed E-state index contributed by atoms with van der Waals surface area (Å²) in [5, 5.41) is 16.8. The number of allylic oxidation sites excluding steroid dienone is 1. The van der Waals surface area contributed by atoms with E-state index in [0.29, 0.717) is 11.5 Å². The Kier molecular flexibility index (Phi) is 4.94. The molecule has 146 valence electrons. The van der Waals surface area contributed by atoms with Crippen molar-refractivity contribution in [3.63, 3.8) is 0 Å². The summed E-state index contributed by atoms with van der Waals surface area (Å²) in [7, 11) is 1.67. The first kappa shape index (κ1) is 18.3. The molecule has 4 rings (SSSR count). The van der Waals surface area contributed by atoms with Crippen LogP contribution in [-0.4, -0.2) is 48.5 Å². The van der Waals surface area contributed by atoms with Gasteiger partial charge >= 0.3 is 0 Å². The predicted octanol–water partition coefficient (Wildman–Crippen LogP) is 1.78. The highest BCUT2D eigenvalue weighted by atomic mass is 16.5. The fraction of sp³-hybridized carbons (Fsp3) is 0.400. The monoisotopic (exact) mass is 381 g/mol. The number of nitrogens with two attached hydrogens (primary N) is 1. The number of nitriles is 1. The smallest absolute Gasteiger partial charge is 0.244 e. The lowest BCUT2D eigenvalue weighted by atomic mass is 9.83. The molecule has 0 unspecified atom stereocenters. The lowest BCUT2D eigenvalue weighted by Crippen LogP contribution is -2.35. The molecule has 0 saturated carbocycles. The second-order valence-electron chi connectivity index (χ2n) is 6.95. The molecule has 0 radical (unpaired) electrons. The number of nitrogens with zero attached hydrogens (tertiary/aromatic N) is 3. The molecule has 3 N–H and O–H groups in total. The quantitative estimate of drug-likeness (QED) is 0.831. The van der Waals surface area contributed by atoms with E-state index in [0.717, 1.165) is 61.0 Å². The van der Waals surface area contributed by atoms with Gasteiger partial charge in [-0.15, -0.1) is 5.10 Å². The van der Waals surface area contributed by atoms with E-state index in [1.165, 1.54) is 0 Å². The van der Waals surface area contributed by atoms with Crippen LogP contribution in [0.1, 0.15) is 28.3 Å². The highest BCUT2D eigenvalue weighted by Crippen LogP contribution is 2.43. The molecule has 28 heavy (non-hydrogen) atoms. The molecule has 8 nitrogen and oxygen atoms in total. The average Bonchev–Trinajstić information content (AvgIpc) is 3.08. The van der Waals surface area contributed by atoms with E-state index in [-0.39, 0.29) is 11.8 Å². The number of aromatic amines is 1. The molecule has 2 aliphatic rings. The van der Waals surface area contributed by atoms with Gasteiger partial charge in [0, 0.05) is 36.5 Å². The highest BCUT2D eigenvalue weighted by molar-refractivity contribution is 5.56. The van der Waals surface area contributed by atoms with Crippen LogP contribution < -0.4 is 15.2 Å². The largest absolute Gasteiger partial charge is 0.496 e.